The molecule has 0 aliphatic heterocycles. The van der Waals surface area contributed by atoms with Crippen molar-refractivity contribution in [2.75, 3.05) is 0 Å². The number of rotatable bonds is 4. The van der Waals surface area contributed by atoms with E-state index >= 15 is 0 Å². The van der Waals surface area contributed by atoms with Crippen molar-refractivity contribution in [2.45, 2.75) is 0 Å². The summed E-state index contributed by atoms with van der Waals surface area (Å²) in [7, 11) is 0. The van der Waals surface area contributed by atoms with Crippen LogP contribution in [0.15, 0.2) is 60.7 Å². The van der Waals surface area contributed by atoms with E-state index in [1.807, 2.05) is 60.7 Å². The van der Waals surface area contributed by atoms with Crippen molar-refractivity contribution >= 4 is 45.3 Å². The van der Waals surface area contributed by atoms with Crippen molar-refractivity contribution in [3.05, 3.63) is 60.7 Å². The molecule has 0 fully saturated rings. The van der Waals surface area contributed by atoms with Crippen LogP contribution in [0.3, 0.4) is 0 Å². The first-order valence-electron chi connectivity index (χ1n) is 5.34. The molecule has 0 spiro atoms. The van der Waals surface area contributed by atoms with Gasteiger partial charge in [-0.05, 0) is 0 Å². The van der Waals surface area contributed by atoms with Gasteiger partial charge in [-0.15, -0.1) is 0 Å². The molecule has 0 unspecified atom stereocenters. The first-order valence-corrected chi connectivity index (χ1v) is 8.77. The zero-order valence-corrected chi connectivity index (χ0v) is 12.9. The molecule has 0 saturated heterocycles. The zero-order chi connectivity index (χ0) is 12.6. The van der Waals surface area contributed by atoms with Crippen molar-refractivity contribution in [3.63, 3.8) is 0 Å². The van der Waals surface area contributed by atoms with Gasteiger partial charge in [0.1, 0.15) is 0 Å². The second-order valence-corrected chi connectivity index (χ2v) is 7.05. The number of nitrogens with one attached hydrogen (secondary N) is 2. The van der Waals surface area contributed by atoms with Gasteiger partial charge < -0.3 is 0 Å². The molecule has 2 N–H and O–H groups in total. The predicted molar refractivity (Wildman–Crippen MR) is 75.3 cm³/mol. The van der Waals surface area contributed by atoms with Gasteiger partial charge in [-0.25, -0.2) is 0 Å². The number of benzene rings is 2. The maximum atomic E-state index is 11.6. The van der Waals surface area contributed by atoms with E-state index in [1.54, 1.807) is 0 Å². The van der Waals surface area contributed by atoms with Crippen LogP contribution in [0.25, 0.3) is 0 Å². The number of urea groups is 1. The molecular formula is C13H12N2OSe2. The number of carbonyl (C=O) groups excluding carboxylic acids is 1. The summed E-state index contributed by atoms with van der Waals surface area (Å²) in [6, 6.07) is 19.8. The Kier molecular flexibility index (Phi) is 5.31. The molecule has 2 aromatic rings. The fourth-order valence-electron chi connectivity index (χ4n) is 1.21. The molecule has 2 amide bonds. The molecule has 0 heterocycles. The van der Waals surface area contributed by atoms with Gasteiger partial charge in [-0.1, -0.05) is 0 Å². The maximum absolute atomic E-state index is 11.6. The van der Waals surface area contributed by atoms with Crippen LogP contribution >= 0.6 is 0 Å². The Bertz CT molecular complexity index is 445. The van der Waals surface area contributed by atoms with Crippen LogP contribution in [-0.4, -0.2) is 36.4 Å². The van der Waals surface area contributed by atoms with E-state index in [4.69, 9.17) is 0 Å². The van der Waals surface area contributed by atoms with Gasteiger partial charge in [-0.3, -0.25) is 0 Å². The minimum absolute atomic E-state index is 0.0158. The van der Waals surface area contributed by atoms with Crippen molar-refractivity contribution in [1.29, 1.82) is 0 Å². The molecule has 92 valence electrons. The SMILES string of the molecule is O=C(N[Se]c1ccccc1)N[Se]c1ccccc1. The van der Waals surface area contributed by atoms with E-state index < -0.39 is 0 Å². The summed E-state index contributed by atoms with van der Waals surface area (Å²) < 4.78 is 8.11. The molecule has 0 aliphatic carbocycles. The predicted octanol–water partition coefficient (Wildman–Crippen LogP) is 0.175. The minimum atomic E-state index is -0.0947. The molecule has 2 rings (SSSR count). The summed E-state index contributed by atoms with van der Waals surface area (Å²) in [4.78, 5) is 11.6. The van der Waals surface area contributed by atoms with Gasteiger partial charge >= 0.3 is 119 Å². The third-order valence-corrected chi connectivity index (χ3v) is 5.35. The van der Waals surface area contributed by atoms with E-state index in [2.05, 4.69) is 8.67 Å². The van der Waals surface area contributed by atoms with Crippen LogP contribution in [0, 0.1) is 0 Å². The Morgan fingerprint density at radius 3 is 1.50 bits per heavy atom. The molecule has 0 radical (unpaired) electrons. The summed E-state index contributed by atoms with van der Waals surface area (Å²) in [6.45, 7) is 0. The van der Waals surface area contributed by atoms with E-state index in [9.17, 15) is 4.79 Å². The Morgan fingerprint density at radius 1 is 0.722 bits per heavy atom. The first kappa shape index (κ1) is 13.2. The average molecular weight is 370 g/mol. The molecule has 3 nitrogen and oxygen atoms in total. The number of carbonyl (C=O) groups is 1. The molecule has 0 aromatic heterocycles. The number of hydrogen-bond acceptors (Lipinski definition) is 1. The van der Waals surface area contributed by atoms with E-state index in [0.29, 0.717) is 0 Å². The standard InChI is InChI=1S/C13H12N2OSe2/c16-13(14-17-11-7-3-1-4-8-11)15-18-12-9-5-2-6-10-12/h1-10H,(H2,14,15,16). The monoisotopic (exact) mass is 372 g/mol. The van der Waals surface area contributed by atoms with E-state index in [-0.39, 0.29) is 36.4 Å². The van der Waals surface area contributed by atoms with Crippen LogP contribution in [0.2, 0.25) is 0 Å². The van der Waals surface area contributed by atoms with Crippen LogP contribution in [-0.2, 0) is 0 Å². The molecule has 0 atom stereocenters. The Hall–Kier alpha value is -1.25. The summed E-state index contributed by atoms with van der Waals surface area (Å²) in [5, 5.41) is 0. The average Bonchev–Trinajstić information content (AvgIpc) is 2.45. The van der Waals surface area contributed by atoms with Crippen molar-refractivity contribution < 1.29 is 4.79 Å². The fraction of sp³-hybridized carbons (Fsp3) is 0. The van der Waals surface area contributed by atoms with Gasteiger partial charge in [0, 0.05) is 0 Å². The first-order chi connectivity index (χ1) is 8.84. The summed E-state index contributed by atoms with van der Waals surface area (Å²) in [5.74, 6) is 0. The van der Waals surface area contributed by atoms with Gasteiger partial charge in [0.25, 0.3) is 0 Å². The van der Waals surface area contributed by atoms with Gasteiger partial charge in [0.05, 0.1) is 0 Å². The second-order valence-electron chi connectivity index (χ2n) is 3.36. The second kappa shape index (κ2) is 7.24. The van der Waals surface area contributed by atoms with E-state index in [1.165, 1.54) is 0 Å². The molecule has 18 heavy (non-hydrogen) atoms. The third-order valence-electron chi connectivity index (χ3n) is 2.01. The van der Waals surface area contributed by atoms with Crippen LogP contribution in [0.5, 0.6) is 0 Å². The number of hydrogen-bond donors (Lipinski definition) is 2. The van der Waals surface area contributed by atoms with Gasteiger partial charge in [0.15, 0.2) is 0 Å². The Morgan fingerprint density at radius 2 is 1.11 bits per heavy atom. The Labute approximate surface area is 119 Å². The fourth-order valence-corrected chi connectivity index (χ4v) is 3.86. The summed E-state index contributed by atoms with van der Waals surface area (Å²) in [5.41, 5.74) is 0. The molecule has 2 aromatic carbocycles. The number of amides is 2. The Balaban J connectivity index is 1.73. The summed E-state index contributed by atoms with van der Waals surface area (Å²) >= 11 is -0.0315. The van der Waals surface area contributed by atoms with Gasteiger partial charge in [-0.2, -0.15) is 0 Å². The zero-order valence-electron chi connectivity index (χ0n) is 9.50. The van der Waals surface area contributed by atoms with Crippen molar-refractivity contribution in [3.8, 4) is 0 Å². The third kappa shape index (κ3) is 4.55. The van der Waals surface area contributed by atoms with Gasteiger partial charge in [0.2, 0.25) is 0 Å². The summed E-state index contributed by atoms with van der Waals surface area (Å²) in [6.07, 6.45) is 0. The molecular weight excluding hydrogens is 358 g/mol. The molecule has 5 heteroatoms. The quantitative estimate of drug-likeness (QED) is 0.741. The molecule has 0 aliphatic rings. The topological polar surface area (TPSA) is 41.1 Å². The molecule has 0 bridgehead atoms. The van der Waals surface area contributed by atoms with E-state index in [0.717, 1.165) is 8.92 Å². The van der Waals surface area contributed by atoms with Crippen molar-refractivity contribution in [1.82, 2.24) is 8.67 Å². The normalized spacial score (nSPS) is 9.78. The van der Waals surface area contributed by atoms with Crippen LogP contribution < -0.4 is 17.6 Å². The molecule has 0 saturated carbocycles. The van der Waals surface area contributed by atoms with Crippen molar-refractivity contribution in [2.24, 2.45) is 0 Å². The van der Waals surface area contributed by atoms with Crippen LogP contribution in [0.4, 0.5) is 4.79 Å². The van der Waals surface area contributed by atoms with Crippen LogP contribution in [0.1, 0.15) is 0 Å².